The van der Waals surface area contributed by atoms with Crippen LogP contribution in [0.15, 0.2) is 24.3 Å². The van der Waals surface area contributed by atoms with Crippen molar-refractivity contribution in [1.82, 2.24) is 5.32 Å². The van der Waals surface area contributed by atoms with Gasteiger partial charge in [0.25, 0.3) is 0 Å². The van der Waals surface area contributed by atoms with E-state index in [-0.39, 0.29) is 17.4 Å². The van der Waals surface area contributed by atoms with Crippen molar-refractivity contribution in [3.8, 4) is 0 Å². The van der Waals surface area contributed by atoms with E-state index >= 15 is 0 Å². The van der Waals surface area contributed by atoms with Crippen LogP contribution in [0.4, 0.5) is 0 Å². The van der Waals surface area contributed by atoms with Crippen LogP contribution in [0.3, 0.4) is 0 Å². The van der Waals surface area contributed by atoms with Gasteiger partial charge in [0, 0.05) is 10.9 Å². The largest absolute Gasteiger partial charge is 0.349 e. The molecule has 1 amide bonds. The summed E-state index contributed by atoms with van der Waals surface area (Å²) in [5, 5.41) is 4.18. The molecule has 0 heterocycles. The van der Waals surface area contributed by atoms with Crippen molar-refractivity contribution in [3.05, 3.63) is 35.4 Å². The zero-order valence-electron chi connectivity index (χ0n) is 11.1. The average molecular weight is 322 g/mol. The van der Waals surface area contributed by atoms with Gasteiger partial charge in [0.05, 0.1) is 5.92 Å². The molecule has 2 aliphatic rings. The van der Waals surface area contributed by atoms with Gasteiger partial charge in [0.2, 0.25) is 5.91 Å². The number of amides is 1. The molecular weight excluding hydrogens is 302 g/mol. The lowest BCUT2D eigenvalue weighted by Gasteiger charge is -2.42. The molecule has 0 aromatic heterocycles. The summed E-state index contributed by atoms with van der Waals surface area (Å²) in [7, 11) is 0. The Labute approximate surface area is 123 Å². The molecule has 102 valence electrons. The first kappa shape index (κ1) is 13.2. The van der Waals surface area contributed by atoms with Gasteiger partial charge in [0.1, 0.15) is 0 Å². The molecule has 1 unspecified atom stereocenters. The number of carbonyl (C=O) groups is 1. The third kappa shape index (κ3) is 2.45. The maximum absolute atomic E-state index is 12.6. The van der Waals surface area contributed by atoms with Crippen LogP contribution in [0.2, 0.25) is 0 Å². The van der Waals surface area contributed by atoms with Gasteiger partial charge in [-0.25, -0.2) is 0 Å². The minimum absolute atomic E-state index is 0.0312. The summed E-state index contributed by atoms with van der Waals surface area (Å²) < 4.78 is 0. The molecule has 3 heteroatoms. The highest BCUT2D eigenvalue weighted by Crippen LogP contribution is 2.36. The predicted octanol–water partition coefficient (Wildman–Crippen LogP) is 3.54. The number of hydrogen-bond acceptors (Lipinski definition) is 1. The minimum Gasteiger partial charge on any atom is -0.349 e. The number of carbonyl (C=O) groups excluding carboxylic acids is 1. The highest BCUT2D eigenvalue weighted by Gasteiger charge is 2.39. The molecule has 1 aromatic rings. The quantitative estimate of drug-likeness (QED) is 0.848. The van der Waals surface area contributed by atoms with Crippen LogP contribution in [-0.2, 0) is 11.2 Å². The second-order valence-electron chi connectivity index (χ2n) is 5.90. The number of fused-ring (bicyclic) bond motifs is 1. The van der Waals surface area contributed by atoms with Gasteiger partial charge in [-0.3, -0.25) is 4.79 Å². The van der Waals surface area contributed by atoms with Crippen molar-refractivity contribution in [2.45, 2.75) is 50.0 Å². The zero-order chi connectivity index (χ0) is 13.3. The lowest BCUT2D eigenvalue weighted by Crippen LogP contribution is -2.56. The van der Waals surface area contributed by atoms with Gasteiger partial charge in [-0.05, 0) is 49.7 Å². The molecule has 1 fully saturated rings. The third-order valence-corrected chi connectivity index (χ3v) is 5.71. The van der Waals surface area contributed by atoms with Crippen molar-refractivity contribution in [2.24, 2.45) is 0 Å². The van der Waals surface area contributed by atoms with Crippen LogP contribution in [0, 0.1) is 0 Å². The molecule has 2 aliphatic carbocycles. The Morgan fingerprint density at radius 1 is 1.32 bits per heavy atom. The molecule has 0 radical (unpaired) electrons. The molecule has 0 aliphatic heterocycles. The van der Waals surface area contributed by atoms with Gasteiger partial charge in [-0.1, -0.05) is 40.2 Å². The van der Waals surface area contributed by atoms with Gasteiger partial charge in [0.15, 0.2) is 0 Å². The number of alkyl halides is 1. The smallest absolute Gasteiger partial charge is 0.228 e. The fourth-order valence-corrected chi connectivity index (χ4v) is 3.97. The molecule has 1 saturated carbocycles. The Kier molecular flexibility index (Phi) is 3.66. The number of benzene rings is 1. The highest BCUT2D eigenvalue weighted by atomic mass is 79.9. The molecule has 1 atom stereocenters. The monoisotopic (exact) mass is 321 g/mol. The molecule has 1 N–H and O–H groups in total. The lowest BCUT2D eigenvalue weighted by molar-refractivity contribution is -0.125. The predicted molar refractivity (Wildman–Crippen MR) is 80.6 cm³/mol. The van der Waals surface area contributed by atoms with Crippen molar-refractivity contribution in [1.29, 1.82) is 0 Å². The van der Waals surface area contributed by atoms with Gasteiger partial charge >= 0.3 is 0 Å². The fourth-order valence-electron chi connectivity index (χ4n) is 3.27. The first-order valence-electron chi connectivity index (χ1n) is 7.20. The summed E-state index contributed by atoms with van der Waals surface area (Å²) in [5.74, 6) is 0.285. The Bertz CT molecular complexity index is 476. The Morgan fingerprint density at radius 3 is 2.79 bits per heavy atom. The normalized spacial score (nSPS) is 24.2. The van der Waals surface area contributed by atoms with E-state index in [0.717, 1.165) is 37.4 Å². The van der Waals surface area contributed by atoms with E-state index in [0.29, 0.717) is 0 Å². The first-order valence-corrected chi connectivity index (χ1v) is 8.32. The maximum atomic E-state index is 12.6. The lowest BCUT2D eigenvalue weighted by atomic mass is 9.76. The van der Waals surface area contributed by atoms with Crippen molar-refractivity contribution >= 4 is 21.8 Å². The number of rotatable bonds is 3. The van der Waals surface area contributed by atoms with Gasteiger partial charge in [-0.2, -0.15) is 0 Å². The van der Waals surface area contributed by atoms with E-state index < -0.39 is 0 Å². The topological polar surface area (TPSA) is 29.1 Å². The summed E-state index contributed by atoms with van der Waals surface area (Å²) in [4.78, 5) is 12.6. The van der Waals surface area contributed by atoms with E-state index in [9.17, 15) is 4.79 Å². The number of nitrogens with one attached hydrogen (secondary N) is 1. The molecule has 0 bridgehead atoms. The number of halogens is 1. The van der Waals surface area contributed by atoms with E-state index in [1.54, 1.807) is 0 Å². The standard InChI is InChI=1S/C16H20BrNO/c17-11-16(9-4-10-16)18-15(19)14-8-3-6-12-5-1-2-7-13(12)14/h1-2,5,7,14H,3-4,6,8-11H2,(H,18,19). The summed E-state index contributed by atoms with van der Waals surface area (Å²) >= 11 is 3.55. The van der Waals surface area contributed by atoms with Gasteiger partial charge in [-0.15, -0.1) is 0 Å². The molecule has 2 nitrogen and oxygen atoms in total. The molecule has 3 rings (SSSR count). The van der Waals surface area contributed by atoms with E-state index in [2.05, 4.69) is 39.4 Å². The van der Waals surface area contributed by atoms with Crippen LogP contribution in [0.25, 0.3) is 0 Å². The SMILES string of the molecule is O=C(NC1(CBr)CCC1)C1CCCc2ccccc21. The highest BCUT2D eigenvalue weighted by molar-refractivity contribution is 9.09. The van der Waals surface area contributed by atoms with Crippen LogP contribution >= 0.6 is 15.9 Å². The van der Waals surface area contributed by atoms with Gasteiger partial charge < -0.3 is 5.32 Å². The van der Waals surface area contributed by atoms with Crippen LogP contribution in [0.1, 0.15) is 49.1 Å². The molecular formula is C16H20BrNO. The fraction of sp³-hybridized carbons (Fsp3) is 0.562. The summed E-state index contributed by atoms with van der Waals surface area (Å²) in [6, 6.07) is 8.41. The van der Waals surface area contributed by atoms with Crippen LogP contribution in [-0.4, -0.2) is 16.8 Å². The number of aryl methyl sites for hydroxylation is 1. The second kappa shape index (κ2) is 5.28. The molecule has 0 saturated heterocycles. The van der Waals surface area contributed by atoms with Crippen LogP contribution in [0.5, 0.6) is 0 Å². The maximum Gasteiger partial charge on any atom is 0.228 e. The van der Waals surface area contributed by atoms with E-state index in [4.69, 9.17) is 0 Å². The minimum atomic E-state index is 0.0312. The Balaban J connectivity index is 1.78. The Hall–Kier alpha value is -0.830. The average Bonchev–Trinajstić information content (AvgIpc) is 2.42. The molecule has 0 spiro atoms. The van der Waals surface area contributed by atoms with Crippen LogP contribution < -0.4 is 5.32 Å². The van der Waals surface area contributed by atoms with Crippen molar-refractivity contribution in [3.63, 3.8) is 0 Å². The van der Waals surface area contributed by atoms with E-state index in [1.807, 2.05) is 6.07 Å². The third-order valence-electron chi connectivity index (χ3n) is 4.64. The zero-order valence-corrected chi connectivity index (χ0v) is 12.7. The summed E-state index contributed by atoms with van der Waals surface area (Å²) in [6.07, 6.45) is 6.67. The Morgan fingerprint density at radius 2 is 2.11 bits per heavy atom. The molecule has 19 heavy (non-hydrogen) atoms. The summed E-state index contributed by atoms with van der Waals surface area (Å²) in [5.41, 5.74) is 2.63. The second-order valence-corrected chi connectivity index (χ2v) is 6.46. The summed E-state index contributed by atoms with van der Waals surface area (Å²) in [6.45, 7) is 0. The first-order chi connectivity index (χ1) is 9.24. The molecule has 1 aromatic carbocycles. The van der Waals surface area contributed by atoms with E-state index in [1.165, 1.54) is 17.5 Å². The number of hydrogen-bond donors (Lipinski definition) is 1. The van der Waals surface area contributed by atoms with Crippen molar-refractivity contribution < 1.29 is 4.79 Å². The van der Waals surface area contributed by atoms with Crippen molar-refractivity contribution in [2.75, 3.05) is 5.33 Å².